The van der Waals surface area contributed by atoms with Gasteiger partial charge in [0.2, 0.25) is 8.32 Å². The van der Waals surface area contributed by atoms with Crippen LogP contribution in [0.1, 0.15) is 107 Å². The van der Waals surface area contributed by atoms with Crippen LogP contribution in [0.5, 0.6) is 0 Å². The van der Waals surface area contributed by atoms with E-state index in [2.05, 4.69) is 99.3 Å². The van der Waals surface area contributed by atoms with Gasteiger partial charge in [0, 0.05) is 12.5 Å². The third-order valence-electron chi connectivity index (χ3n) is 10.8. The highest BCUT2D eigenvalue weighted by atomic mass is 28.4. The summed E-state index contributed by atoms with van der Waals surface area (Å²) in [7, 11) is -2.34. The molecule has 0 N–H and O–H groups in total. The van der Waals surface area contributed by atoms with E-state index < -0.39 is 20.5 Å². The van der Waals surface area contributed by atoms with Crippen LogP contribution in [0.15, 0.2) is 60.3 Å². The fourth-order valence-corrected chi connectivity index (χ4v) is 14.0. The van der Waals surface area contributed by atoms with Gasteiger partial charge in [-0.05, 0) is 73.9 Å². The Morgan fingerprint density at radius 2 is 1.68 bits per heavy atom. The van der Waals surface area contributed by atoms with Gasteiger partial charge < -0.3 is 23.4 Å². The summed E-state index contributed by atoms with van der Waals surface area (Å²) in [6.07, 6.45) is 19.5. The predicted octanol–water partition coefficient (Wildman–Crippen LogP) is 9.58. The van der Waals surface area contributed by atoms with Crippen molar-refractivity contribution in [1.29, 1.82) is 0 Å². The fraction of sp³-hybridized carbons (Fsp3) is 0.725. The number of hydrogen-bond donors (Lipinski definition) is 0. The highest BCUT2D eigenvalue weighted by Crippen LogP contribution is 2.45. The zero-order valence-electron chi connectivity index (χ0n) is 30.8. The van der Waals surface area contributed by atoms with Crippen LogP contribution in [0, 0.1) is 11.8 Å². The van der Waals surface area contributed by atoms with Crippen molar-refractivity contribution in [2.24, 2.45) is 11.8 Å². The molecule has 47 heavy (non-hydrogen) atoms. The molecular formula is C40H64O6Si. The molecule has 0 amide bonds. The molecule has 0 aromatic rings. The second-order valence-corrected chi connectivity index (χ2v) is 21.2. The van der Waals surface area contributed by atoms with Gasteiger partial charge in [-0.3, -0.25) is 0 Å². The molecule has 0 saturated carbocycles. The first-order chi connectivity index (χ1) is 22.3. The first kappa shape index (κ1) is 38.0. The lowest BCUT2D eigenvalue weighted by atomic mass is 9.88. The zero-order valence-corrected chi connectivity index (χ0v) is 31.8. The Kier molecular flexibility index (Phi) is 14.0. The predicted molar refractivity (Wildman–Crippen MR) is 194 cm³/mol. The largest absolute Gasteiger partial charge is 0.456 e. The zero-order chi connectivity index (χ0) is 34.3. The smallest absolute Gasteiger partial charge is 0.330 e. The van der Waals surface area contributed by atoms with Gasteiger partial charge in [0.25, 0.3) is 0 Å². The molecule has 2 bridgehead atoms. The number of fused-ring (bicyclic) bond motifs is 3. The van der Waals surface area contributed by atoms with Gasteiger partial charge in [0.1, 0.15) is 12.2 Å². The molecule has 0 unspecified atom stereocenters. The third-order valence-corrected chi connectivity index (χ3v) is 16.9. The van der Waals surface area contributed by atoms with Crippen molar-refractivity contribution in [1.82, 2.24) is 0 Å². The molecule has 7 heteroatoms. The van der Waals surface area contributed by atoms with Crippen molar-refractivity contribution in [3.8, 4) is 0 Å². The van der Waals surface area contributed by atoms with Crippen LogP contribution in [0.4, 0.5) is 0 Å². The molecule has 4 heterocycles. The van der Waals surface area contributed by atoms with Gasteiger partial charge >= 0.3 is 5.97 Å². The van der Waals surface area contributed by atoms with Crippen molar-refractivity contribution in [3.05, 3.63) is 60.3 Å². The van der Waals surface area contributed by atoms with Gasteiger partial charge in [0.15, 0.2) is 0 Å². The van der Waals surface area contributed by atoms with E-state index in [4.69, 9.17) is 23.4 Å². The van der Waals surface area contributed by atoms with Crippen LogP contribution < -0.4 is 0 Å². The summed E-state index contributed by atoms with van der Waals surface area (Å²) >= 11 is 0. The van der Waals surface area contributed by atoms with Crippen molar-refractivity contribution in [3.63, 3.8) is 0 Å². The van der Waals surface area contributed by atoms with Crippen LogP contribution in [-0.4, -0.2) is 63.6 Å². The summed E-state index contributed by atoms with van der Waals surface area (Å²) in [5, 5.41) is 0. The lowest BCUT2D eigenvalue weighted by molar-refractivity contribution is -0.147. The van der Waals surface area contributed by atoms with E-state index in [0.29, 0.717) is 47.9 Å². The van der Waals surface area contributed by atoms with E-state index >= 15 is 0 Å². The van der Waals surface area contributed by atoms with Crippen molar-refractivity contribution in [2.45, 2.75) is 167 Å². The van der Waals surface area contributed by atoms with Crippen LogP contribution >= 0.6 is 0 Å². The molecule has 6 nitrogen and oxygen atoms in total. The summed E-state index contributed by atoms with van der Waals surface area (Å²) in [5.41, 5.74) is 3.76. The number of carbonyl (C=O) groups excluding carboxylic acids is 1. The van der Waals surface area contributed by atoms with E-state index in [1.54, 1.807) is 6.08 Å². The number of carbonyl (C=O) groups is 1. The third kappa shape index (κ3) is 10.6. The van der Waals surface area contributed by atoms with Crippen molar-refractivity contribution < 1.29 is 28.2 Å². The van der Waals surface area contributed by atoms with Gasteiger partial charge in [0.05, 0.1) is 37.1 Å². The summed E-state index contributed by atoms with van der Waals surface area (Å²) < 4.78 is 32.6. The van der Waals surface area contributed by atoms with E-state index in [1.165, 1.54) is 11.1 Å². The van der Waals surface area contributed by atoms with Gasteiger partial charge in [-0.15, -0.1) is 0 Å². The van der Waals surface area contributed by atoms with E-state index in [-0.39, 0.29) is 36.5 Å². The van der Waals surface area contributed by atoms with Gasteiger partial charge in [-0.2, -0.15) is 0 Å². The van der Waals surface area contributed by atoms with Gasteiger partial charge in [-0.1, -0.05) is 110 Å². The lowest BCUT2D eigenvalue weighted by Crippen LogP contribution is -2.52. The van der Waals surface area contributed by atoms with Crippen molar-refractivity contribution in [2.75, 3.05) is 6.61 Å². The summed E-state index contributed by atoms with van der Waals surface area (Å²) in [6, 6.07) is 0. The Balaban J connectivity index is 1.65. The molecule has 1 saturated heterocycles. The van der Waals surface area contributed by atoms with Crippen LogP contribution in [0.3, 0.4) is 0 Å². The number of epoxide rings is 1. The quantitative estimate of drug-likeness (QED) is 0.111. The molecule has 1 fully saturated rings. The molecule has 0 aromatic heterocycles. The Hall–Kier alpha value is -1.77. The molecular weight excluding hydrogens is 605 g/mol. The number of cyclic esters (lactones) is 1. The minimum atomic E-state index is -2.34. The first-order valence-electron chi connectivity index (χ1n) is 18.4. The topological polar surface area (TPSA) is 66.5 Å². The lowest BCUT2D eigenvalue weighted by Gasteiger charge is -2.45. The normalized spacial score (nSPS) is 34.5. The maximum atomic E-state index is 13.5. The summed E-state index contributed by atoms with van der Waals surface area (Å²) in [4.78, 5) is 13.5. The number of allylic oxidation sites excluding steroid dienone is 1. The number of rotatable bonds is 8. The second-order valence-electron chi connectivity index (χ2n) is 15.8. The molecule has 0 aliphatic carbocycles. The SMILES string of the molecule is C=C1C[C@H](C)C[C@@H]2CC=C[C@@H](C/C=C\C(=O)O[C@H]([C@H](/C=C/[C@@H]3CC(C)=CCO3)O[Si](C(C)C)(C(C)C)C(C)C)C[C@H]3O[C@H]3[C@@H](C)C1)O2. The first-order valence-corrected chi connectivity index (χ1v) is 20.6. The average molecular weight is 669 g/mol. The van der Waals surface area contributed by atoms with Crippen LogP contribution in [0.25, 0.3) is 0 Å². The standard InChI is InChI=1S/C40H64O6Si/c1-26(2)47(27(3)4,28(5)6)46-36(18-17-34-23-29(7)19-20-42-34)37-25-38-40(45-38)32(10)22-30(8)21-31(9)24-35-15-11-13-33(43-35)14-12-16-39(41)44-37/h11-13,16-19,26-28,31-38,40H,8,14-15,20-25H2,1-7,9-10H3/b16-12-,18-17+/t31-,32-,33-,34+,35-,36-,37-,38+,40-/m0/s1. The highest BCUT2D eigenvalue weighted by molar-refractivity contribution is 6.77. The van der Waals surface area contributed by atoms with Crippen LogP contribution in [0.2, 0.25) is 16.6 Å². The number of ether oxygens (including phenoxy) is 4. The average Bonchev–Trinajstić information content (AvgIpc) is 3.75. The van der Waals surface area contributed by atoms with Crippen LogP contribution in [-0.2, 0) is 28.2 Å². The maximum absolute atomic E-state index is 13.5. The number of esters is 1. The Morgan fingerprint density at radius 3 is 2.36 bits per heavy atom. The van der Waals surface area contributed by atoms with E-state index in [1.807, 2.05) is 6.08 Å². The molecule has 0 spiro atoms. The Labute approximate surface area is 287 Å². The van der Waals surface area contributed by atoms with Gasteiger partial charge in [-0.25, -0.2) is 4.79 Å². The monoisotopic (exact) mass is 668 g/mol. The van der Waals surface area contributed by atoms with E-state index in [0.717, 1.165) is 32.1 Å². The summed E-state index contributed by atoms with van der Waals surface area (Å²) in [5.74, 6) is 0.491. The molecule has 9 atom stereocenters. The second kappa shape index (κ2) is 17.2. The van der Waals surface area contributed by atoms with Crippen molar-refractivity contribution >= 4 is 14.3 Å². The molecule has 4 rings (SSSR count). The Bertz CT molecular complexity index is 1150. The Morgan fingerprint density at radius 1 is 0.957 bits per heavy atom. The fourth-order valence-electron chi connectivity index (χ4n) is 8.52. The molecule has 0 radical (unpaired) electrons. The molecule has 4 aliphatic rings. The highest BCUT2D eigenvalue weighted by Gasteiger charge is 2.50. The molecule has 264 valence electrons. The molecule has 0 aromatic carbocycles. The molecule has 4 aliphatic heterocycles. The maximum Gasteiger partial charge on any atom is 0.330 e. The minimum Gasteiger partial charge on any atom is -0.456 e. The summed E-state index contributed by atoms with van der Waals surface area (Å²) in [6.45, 7) is 25.6. The number of hydrogen-bond acceptors (Lipinski definition) is 6. The van der Waals surface area contributed by atoms with E-state index in [9.17, 15) is 4.79 Å². The minimum absolute atomic E-state index is 0.0117.